The number of benzene rings is 2. The quantitative estimate of drug-likeness (QED) is 0.506. The van der Waals surface area contributed by atoms with Gasteiger partial charge in [0.2, 0.25) is 5.91 Å². The van der Waals surface area contributed by atoms with Crippen LogP contribution in [0.3, 0.4) is 0 Å². The minimum Gasteiger partial charge on any atom is -0.459 e. The molecule has 1 amide bonds. The maximum absolute atomic E-state index is 13.0. The molecule has 0 aliphatic heterocycles. The number of aryl methyl sites for hydroxylation is 1. The van der Waals surface area contributed by atoms with Gasteiger partial charge in [-0.1, -0.05) is 12.1 Å². The maximum Gasteiger partial charge on any atom is 0.261 e. The average Bonchev–Trinajstić information content (AvgIpc) is 3.24. The summed E-state index contributed by atoms with van der Waals surface area (Å²) in [4.78, 5) is 28.8. The lowest BCUT2D eigenvalue weighted by Gasteiger charge is -2.07. The van der Waals surface area contributed by atoms with E-state index in [0.29, 0.717) is 35.4 Å². The van der Waals surface area contributed by atoms with Crippen LogP contribution in [0.25, 0.3) is 22.2 Å². The van der Waals surface area contributed by atoms with Crippen molar-refractivity contribution in [2.24, 2.45) is 0 Å². The van der Waals surface area contributed by atoms with Crippen molar-refractivity contribution in [3.8, 4) is 11.3 Å². The summed E-state index contributed by atoms with van der Waals surface area (Å²) >= 11 is 0. The number of aromatic nitrogens is 2. The Bertz CT molecular complexity index is 1230. The lowest BCUT2D eigenvalue weighted by molar-refractivity contribution is -0.121. The van der Waals surface area contributed by atoms with Crippen molar-refractivity contribution in [3.05, 3.63) is 88.9 Å². The van der Waals surface area contributed by atoms with Gasteiger partial charge in [0.25, 0.3) is 5.56 Å². The van der Waals surface area contributed by atoms with Crippen LogP contribution in [0.5, 0.6) is 0 Å². The largest absolute Gasteiger partial charge is 0.459 e. The van der Waals surface area contributed by atoms with E-state index in [1.165, 1.54) is 23.0 Å². The van der Waals surface area contributed by atoms with Crippen LogP contribution in [0.1, 0.15) is 18.6 Å². The second kappa shape index (κ2) is 8.73. The fraction of sp³-hybridized carbons (Fsp3) is 0.174. The molecule has 0 spiro atoms. The van der Waals surface area contributed by atoms with Crippen LogP contribution in [-0.2, 0) is 17.9 Å². The van der Waals surface area contributed by atoms with E-state index in [9.17, 15) is 14.0 Å². The Hall–Kier alpha value is -3.74. The monoisotopic (exact) mass is 405 g/mol. The molecule has 152 valence electrons. The highest BCUT2D eigenvalue weighted by Crippen LogP contribution is 2.22. The van der Waals surface area contributed by atoms with Crippen molar-refractivity contribution < 1.29 is 13.6 Å². The number of hydrogen-bond acceptors (Lipinski definition) is 4. The topological polar surface area (TPSA) is 77.1 Å². The van der Waals surface area contributed by atoms with Gasteiger partial charge in [-0.05, 0) is 55.0 Å². The first-order valence-electron chi connectivity index (χ1n) is 9.66. The molecule has 0 fully saturated rings. The summed E-state index contributed by atoms with van der Waals surface area (Å²) in [6, 6.07) is 16.8. The molecule has 2 aromatic heterocycles. The van der Waals surface area contributed by atoms with Gasteiger partial charge in [0, 0.05) is 18.5 Å². The van der Waals surface area contributed by atoms with Crippen molar-refractivity contribution in [3.63, 3.8) is 0 Å². The van der Waals surface area contributed by atoms with E-state index in [-0.39, 0.29) is 30.2 Å². The SMILES string of the molecule is O=C(CCCn1cnc2ccccc2c1=O)NCc1ccc(-c2ccc(F)cc2)o1. The zero-order chi connectivity index (χ0) is 20.9. The maximum atomic E-state index is 13.0. The number of amides is 1. The fourth-order valence-corrected chi connectivity index (χ4v) is 3.19. The molecule has 0 radical (unpaired) electrons. The zero-order valence-corrected chi connectivity index (χ0v) is 16.2. The van der Waals surface area contributed by atoms with Crippen LogP contribution < -0.4 is 10.9 Å². The van der Waals surface area contributed by atoms with E-state index in [1.54, 1.807) is 42.5 Å². The molecule has 0 unspecified atom stereocenters. The first-order valence-corrected chi connectivity index (χ1v) is 9.66. The summed E-state index contributed by atoms with van der Waals surface area (Å²) < 4.78 is 20.2. The van der Waals surface area contributed by atoms with Gasteiger partial charge in [-0.2, -0.15) is 0 Å². The van der Waals surface area contributed by atoms with Gasteiger partial charge in [0.05, 0.1) is 23.8 Å². The number of furan rings is 1. The van der Waals surface area contributed by atoms with E-state index < -0.39 is 0 Å². The number of carbonyl (C=O) groups is 1. The van der Waals surface area contributed by atoms with Crippen molar-refractivity contribution in [1.29, 1.82) is 0 Å². The van der Waals surface area contributed by atoms with E-state index in [2.05, 4.69) is 10.3 Å². The van der Waals surface area contributed by atoms with Crippen molar-refractivity contribution in [1.82, 2.24) is 14.9 Å². The third kappa shape index (κ3) is 4.46. The molecular formula is C23H20FN3O3. The average molecular weight is 405 g/mol. The molecule has 0 saturated carbocycles. The van der Waals surface area contributed by atoms with Gasteiger partial charge in [-0.3, -0.25) is 14.2 Å². The molecule has 0 aliphatic rings. The Morgan fingerprint density at radius 2 is 1.87 bits per heavy atom. The predicted octanol–water partition coefficient (Wildman–Crippen LogP) is 3.89. The molecule has 6 nitrogen and oxygen atoms in total. The summed E-state index contributed by atoms with van der Waals surface area (Å²) in [5.74, 6) is 0.788. The lowest BCUT2D eigenvalue weighted by atomic mass is 10.2. The Balaban J connectivity index is 1.27. The lowest BCUT2D eigenvalue weighted by Crippen LogP contribution is -2.24. The Labute approximate surface area is 172 Å². The van der Waals surface area contributed by atoms with Gasteiger partial charge in [0.15, 0.2) is 0 Å². The van der Waals surface area contributed by atoms with Crippen LogP contribution in [0, 0.1) is 5.82 Å². The number of hydrogen-bond donors (Lipinski definition) is 1. The Kier molecular flexibility index (Phi) is 5.70. The minimum atomic E-state index is -0.306. The number of carbonyl (C=O) groups excluding carboxylic acids is 1. The molecule has 2 aromatic carbocycles. The van der Waals surface area contributed by atoms with E-state index >= 15 is 0 Å². The molecule has 4 aromatic rings. The van der Waals surface area contributed by atoms with Crippen LogP contribution in [-0.4, -0.2) is 15.5 Å². The first kappa shape index (κ1) is 19.6. The minimum absolute atomic E-state index is 0.107. The molecule has 0 saturated heterocycles. The first-order chi connectivity index (χ1) is 14.6. The molecule has 4 rings (SSSR count). The number of halogens is 1. The van der Waals surface area contributed by atoms with E-state index in [0.717, 1.165) is 5.56 Å². The Morgan fingerprint density at radius 1 is 1.07 bits per heavy atom. The zero-order valence-electron chi connectivity index (χ0n) is 16.2. The highest BCUT2D eigenvalue weighted by atomic mass is 19.1. The van der Waals surface area contributed by atoms with Gasteiger partial charge in [-0.25, -0.2) is 9.37 Å². The van der Waals surface area contributed by atoms with Crippen molar-refractivity contribution in [2.75, 3.05) is 0 Å². The van der Waals surface area contributed by atoms with Gasteiger partial charge >= 0.3 is 0 Å². The van der Waals surface area contributed by atoms with Crippen molar-refractivity contribution in [2.45, 2.75) is 25.9 Å². The summed E-state index contributed by atoms with van der Waals surface area (Å²) in [6.45, 7) is 0.678. The second-order valence-corrected chi connectivity index (χ2v) is 6.91. The number of fused-ring (bicyclic) bond motifs is 1. The van der Waals surface area contributed by atoms with E-state index in [4.69, 9.17) is 4.42 Å². The molecule has 0 atom stereocenters. The summed E-state index contributed by atoms with van der Waals surface area (Å²) in [6.07, 6.45) is 2.32. The van der Waals surface area contributed by atoms with E-state index in [1.807, 2.05) is 6.07 Å². The standard InChI is InChI=1S/C23H20FN3O3/c24-17-9-7-16(8-10-17)21-12-11-18(30-21)14-25-22(28)6-3-13-27-15-26-20-5-2-1-4-19(20)23(27)29/h1-2,4-5,7-12,15H,3,6,13-14H2,(H,25,28). The summed E-state index contributed by atoms with van der Waals surface area (Å²) in [5, 5.41) is 3.38. The number of nitrogens with zero attached hydrogens (tertiary/aromatic N) is 2. The molecule has 7 heteroatoms. The van der Waals surface area contributed by atoms with Crippen LogP contribution in [0.2, 0.25) is 0 Å². The molecule has 2 heterocycles. The number of nitrogens with one attached hydrogen (secondary N) is 1. The third-order valence-electron chi connectivity index (χ3n) is 4.78. The molecule has 0 aliphatic carbocycles. The molecular weight excluding hydrogens is 385 g/mol. The molecule has 30 heavy (non-hydrogen) atoms. The fourth-order valence-electron chi connectivity index (χ4n) is 3.19. The highest BCUT2D eigenvalue weighted by Gasteiger charge is 2.08. The van der Waals surface area contributed by atoms with Gasteiger partial charge in [0.1, 0.15) is 17.3 Å². The summed E-state index contributed by atoms with van der Waals surface area (Å²) in [7, 11) is 0. The number of para-hydroxylation sites is 1. The third-order valence-corrected chi connectivity index (χ3v) is 4.78. The van der Waals surface area contributed by atoms with Gasteiger partial charge < -0.3 is 9.73 Å². The molecule has 1 N–H and O–H groups in total. The number of rotatable bonds is 7. The predicted molar refractivity (Wildman–Crippen MR) is 111 cm³/mol. The smallest absolute Gasteiger partial charge is 0.261 e. The van der Waals surface area contributed by atoms with Crippen LogP contribution >= 0.6 is 0 Å². The van der Waals surface area contributed by atoms with Crippen molar-refractivity contribution >= 4 is 16.8 Å². The van der Waals surface area contributed by atoms with Gasteiger partial charge in [-0.15, -0.1) is 0 Å². The molecule has 0 bridgehead atoms. The normalized spacial score (nSPS) is 11.0. The Morgan fingerprint density at radius 3 is 2.70 bits per heavy atom. The van der Waals surface area contributed by atoms with Crippen LogP contribution in [0.15, 0.2) is 76.2 Å². The second-order valence-electron chi connectivity index (χ2n) is 6.91. The summed E-state index contributed by atoms with van der Waals surface area (Å²) in [5.41, 5.74) is 1.32. The highest BCUT2D eigenvalue weighted by molar-refractivity contribution is 5.77. The van der Waals surface area contributed by atoms with Crippen LogP contribution in [0.4, 0.5) is 4.39 Å².